The molecule has 4 heteroatoms. The number of carbonyl (C=O) groups excluding carboxylic acids is 2. The van der Waals surface area contributed by atoms with Crippen LogP contribution in [0.5, 0.6) is 0 Å². The Bertz CT molecular complexity index is 457. The van der Waals surface area contributed by atoms with Gasteiger partial charge in [-0.25, -0.2) is 0 Å². The molecule has 0 radical (unpaired) electrons. The molecule has 0 rings (SSSR count). The molecule has 0 saturated heterocycles. The second-order valence-corrected chi connectivity index (χ2v) is 7.98. The van der Waals surface area contributed by atoms with Crippen LogP contribution in [0.1, 0.15) is 98.8 Å². The fourth-order valence-electron chi connectivity index (χ4n) is 2.58. The van der Waals surface area contributed by atoms with Gasteiger partial charge < -0.3 is 9.47 Å². The van der Waals surface area contributed by atoms with Crippen molar-refractivity contribution >= 4 is 11.9 Å². The van der Waals surface area contributed by atoms with E-state index in [2.05, 4.69) is 25.7 Å². The molecule has 0 aromatic heterocycles. The van der Waals surface area contributed by atoms with Gasteiger partial charge in [0.05, 0.1) is 6.61 Å². The summed E-state index contributed by atoms with van der Waals surface area (Å²) >= 11 is 0. The second-order valence-electron chi connectivity index (χ2n) is 7.98. The molecule has 1 unspecified atom stereocenters. The normalized spacial score (nSPS) is 11.8. The number of esters is 2. The van der Waals surface area contributed by atoms with E-state index in [4.69, 9.17) is 9.47 Å². The largest absolute Gasteiger partial charge is 0.465 e. The molecular weight excluding hydrogens is 340 g/mol. The Hall–Kier alpha value is -1.50. The zero-order chi connectivity index (χ0) is 20.5. The van der Waals surface area contributed by atoms with Gasteiger partial charge in [-0.05, 0) is 31.1 Å². The van der Waals surface area contributed by atoms with E-state index in [0.29, 0.717) is 31.3 Å². The monoisotopic (exact) mass is 380 g/mol. The molecule has 4 nitrogen and oxygen atoms in total. The van der Waals surface area contributed by atoms with Crippen molar-refractivity contribution in [2.45, 2.75) is 105 Å². The van der Waals surface area contributed by atoms with Gasteiger partial charge in [-0.3, -0.25) is 9.59 Å². The summed E-state index contributed by atoms with van der Waals surface area (Å²) in [5, 5.41) is 0. The topological polar surface area (TPSA) is 52.6 Å². The zero-order valence-electron chi connectivity index (χ0n) is 18.1. The van der Waals surface area contributed by atoms with Gasteiger partial charge in [0.25, 0.3) is 0 Å². The molecular formula is C23H40O4. The van der Waals surface area contributed by atoms with E-state index >= 15 is 0 Å². The molecule has 0 saturated carbocycles. The lowest BCUT2D eigenvalue weighted by Crippen LogP contribution is -2.18. The highest BCUT2D eigenvalue weighted by Gasteiger charge is 2.13. The van der Waals surface area contributed by atoms with E-state index < -0.39 is 0 Å². The number of carbonyl (C=O) groups is 2. The average Bonchev–Trinajstić information content (AvgIpc) is 2.59. The number of rotatable bonds is 14. The molecule has 0 fully saturated rings. The summed E-state index contributed by atoms with van der Waals surface area (Å²) in [4.78, 5) is 23.5. The fraction of sp³-hybridized carbons (Fsp3) is 0.826. The van der Waals surface area contributed by atoms with Crippen molar-refractivity contribution in [3.8, 4) is 11.8 Å². The summed E-state index contributed by atoms with van der Waals surface area (Å²) in [5.41, 5.74) is 0. The van der Waals surface area contributed by atoms with E-state index in [9.17, 15) is 9.59 Å². The predicted octanol–water partition coefficient (Wildman–Crippen LogP) is 5.68. The third-order valence-corrected chi connectivity index (χ3v) is 3.99. The molecule has 0 aliphatic rings. The summed E-state index contributed by atoms with van der Waals surface area (Å²) in [7, 11) is 0. The van der Waals surface area contributed by atoms with Crippen molar-refractivity contribution in [1.82, 2.24) is 0 Å². The van der Waals surface area contributed by atoms with Gasteiger partial charge in [-0.1, -0.05) is 72.1 Å². The summed E-state index contributed by atoms with van der Waals surface area (Å²) in [6.07, 6.45) is 8.22. The van der Waals surface area contributed by atoms with Crippen LogP contribution in [-0.2, 0) is 19.1 Å². The van der Waals surface area contributed by atoms with Crippen LogP contribution in [0, 0.1) is 23.7 Å². The Kier molecular flexibility index (Phi) is 15.7. The standard InChI is InChI=1S/C23H40O4/c1-6-7-14-21(17-19(2)3)27-23(25)16-13-11-9-8-10-12-15-22(24)26-18-20(4)5/h19-21H,6,8-13,15-18H2,1-5H3. The summed E-state index contributed by atoms with van der Waals surface area (Å²) in [6, 6.07) is 0. The number of unbranched alkanes of at least 4 members (excludes halogenated alkanes) is 5. The van der Waals surface area contributed by atoms with E-state index in [-0.39, 0.29) is 18.0 Å². The minimum Gasteiger partial charge on any atom is -0.465 e. The quantitative estimate of drug-likeness (QED) is 0.221. The maximum absolute atomic E-state index is 12.0. The molecule has 0 bridgehead atoms. The first-order valence-corrected chi connectivity index (χ1v) is 10.7. The minimum atomic E-state index is -0.270. The lowest BCUT2D eigenvalue weighted by atomic mass is 10.1. The van der Waals surface area contributed by atoms with Crippen molar-refractivity contribution in [2.24, 2.45) is 11.8 Å². The fourth-order valence-corrected chi connectivity index (χ4v) is 2.58. The maximum Gasteiger partial charge on any atom is 0.307 e. The SMILES string of the molecule is CCC#CC(CC(C)C)OC(=O)CCCCCCCCC(=O)OCC(C)C. The number of ether oxygens (including phenoxy) is 2. The highest BCUT2D eigenvalue weighted by molar-refractivity contribution is 5.70. The summed E-state index contributed by atoms with van der Waals surface area (Å²) < 4.78 is 10.7. The van der Waals surface area contributed by atoms with Crippen LogP contribution in [0.3, 0.4) is 0 Å². The van der Waals surface area contributed by atoms with Crippen LogP contribution in [0.4, 0.5) is 0 Å². The third-order valence-electron chi connectivity index (χ3n) is 3.99. The molecule has 0 N–H and O–H groups in total. The van der Waals surface area contributed by atoms with Gasteiger partial charge in [0.2, 0.25) is 0 Å². The van der Waals surface area contributed by atoms with Crippen LogP contribution >= 0.6 is 0 Å². The molecule has 0 heterocycles. The summed E-state index contributed by atoms with van der Waals surface area (Å²) in [6.45, 7) is 10.8. The first kappa shape index (κ1) is 25.5. The Morgan fingerprint density at radius 1 is 0.815 bits per heavy atom. The Balaban J connectivity index is 3.71. The highest BCUT2D eigenvalue weighted by atomic mass is 16.5. The first-order valence-electron chi connectivity index (χ1n) is 10.7. The number of hydrogen-bond donors (Lipinski definition) is 0. The van der Waals surface area contributed by atoms with E-state index in [1.54, 1.807) is 0 Å². The van der Waals surface area contributed by atoms with E-state index in [1.165, 1.54) is 0 Å². The van der Waals surface area contributed by atoms with Crippen molar-refractivity contribution in [3.05, 3.63) is 0 Å². The lowest BCUT2D eigenvalue weighted by Gasteiger charge is -2.14. The van der Waals surface area contributed by atoms with Crippen molar-refractivity contribution in [2.75, 3.05) is 6.61 Å². The molecule has 156 valence electrons. The van der Waals surface area contributed by atoms with Crippen LogP contribution in [0.25, 0.3) is 0 Å². The van der Waals surface area contributed by atoms with Crippen LogP contribution in [0.2, 0.25) is 0 Å². The smallest absolute Gasteiger partial charge is 0.307 e. The van der Waals surface area contributed by atoms with Gasteiger partial charge in [0.15, 0.2) is 6.10 Å². The molecule has 0 amide bonds. The predicted molar refractivity (Wildman–Crippen MR) is 110 cm³/mol. The second kappa shape index (κ2) is 16.7. The van der Waals surface area contributed by atoms with Gasteiger partial charge in [0.1, 0.15) is 0 Å². The van der Waals surface area contributed by atoms with Crippen LogP contribution in [0.15, 0.2) is 0 Å². The first-order chi connectivity index (χ1) is 12.8. The van der Waals surface area contributed by atoms with Crippen molar-refractivity contribution in [1.29, 1.82) is 0 Å². The molecule has 1 atom stereocenters. The molecule has 0 aromatic rings. The minimum absolute atomic E-state index is 0.0893. The molecule has 0 aliphatic heterocycles. The molecule has 27 heavy (non-hydrogen) atoms. The highest BCUT2D eigenvalue weighted by Crippen LogP contribution is 2.12. The Morgan fingerprint density at radius 2 is 1.37 bits per heavy atom. The molecule has 0 aliphatic carbocycles. The van der Waals surface area contributed by atoms with Crippen LogP contribution in [-0.4, -0.2) is 24.6 Å². The lowest BCUT2D eigenvalue weighted by molar-refractivity contribution is -0.147. The van der Waals surface area contributed by atoms with Gasteiger partial charge >= 0.3 is 11.9 Å². The van der Waals surface area contributed by atoms with E-state index in [1.807, 2.05) is 20.8 Å². The zero-order valence-corrected chi connectivity index (χ0v) is 18.1. The number of hydrogen-bond acceptors (Lipinski definition) is 4. The van der Waals surface area contributed by atoms with Gasteiger partial charge in [-0.15, -0.1) is 0 Å². The van der Waals surface area contributed by atoms with E-state index in [0.717, 1.165) is 51.4 Å². The maximum atomic E-state index is 12.0. The van der Waals surface area contributed by atoms with Crippen LogP contribution < -0.4 is 0 Å². The molecule has 0 spiro atoms. The average molecular weight is 381 g/mol. The van der Waals surface area contributed by atoms with Gasteiger partial charge in [0, 0.05) is 19.3 Å². The van der Waals surface area contributed by atoms with Crippen molar-refractivity contribution in [3.63, 3.8) is 0 Å². The Morgan fingerprint density at radius 3 is 1.89 bits per heavy atom. The molecule has 0 aromatic carbocycles. The summed E-state index contributed by atoms with van der Waals surface area (Å²) in [5.74, 6) is 6.68. The Labute approximate surface area is 166 Å². The van der Waals surface area contributed by atoms with Crippen molar-refractivity contribution < 1.29 is 19.1 Å². The van der Waals surface area contributed by atoms with Gasteiger partial charge in [-0.2, -0.15) is 0 Å². The third kappa shape index (κ3) is 17.7.